The number of benzene rings is 4. The van der Waals surface area contributed by atoms with Crippen molar-refractivity contribution in [3.05, 3.63) is 107 Å². The van der Waals surface area contributed by atoms with Gasteiger partial charge in [0.1, 0.15) is 80.0 Å². The highest BCUT2D eigenvalue weighted by molar-refractivity contribution is 7.92. The maximum absolute atomic E-state index is 13.1. The molecule has 4 aromatic carbocycles. The second-order valence-corrected chi connectivity index (χ2v) is 22.3. The van der Waals surface area contributed by atoms with Crippen molar-refractivity contribution in [2.75, 3.05) is 36.2 Å². The largest absolute Gasteiger partial charge is 0.481 e. The number of hydrogen-bond donors (Lipinski definition) is 10. The number of aliphatic hydroxyl groups is 8. The number of aliphatic hydroxyl groups excluding tert-OH is 8. The van der Waals surface area contributed by atoms with E-state index in [2.05, 4.69) is 0 Å². The molecule has 0 unspecified atom stereocenters. The van der Waals surface area contributed by atoms with Crippen molar-refractivity contribution in [2.24, 2.45) is 0 Å². The number of aliphatic carboxylic acids is 2. The van der Waals surface area contributed by atoms with E-state index in [1.807, 2.05) is 0 Å². The van der Waals surface area contributed by atoms with Gasteiger partial charge < -0.3 is 70.0 Å². The molecule has 2 aliphatic rings. The van der Waals surface area contributed by atoms with E-state index in [0.717, 1.165) is 0 Å². The molecule has 0 bridgehead atoms. The molecule has 6 rings (SSSR count). The van der Waals surface area contributed by atoms with Crippen molar-refractivity contribution in [3.8, 4) is 33.8 Å². The molecule has 0 saturated carbocycles. The van der Waals surface area contributed by atoms with E-state index < -0.39 is 106 Å². The first-order chi connectivity index (χ1) is 33.7. The van der Waals surface area contributed by atoms with Crippen LogP contribution in [-0.2, 0) is 64.4 Å². The molecule has 0 radical (unpaired) electrons. The van der Waals surface area contributed by atoms with Gasteiger partial charge in [0, 0.05) is 11.1 Å². The zero-order valence-electron chi connectivity index (χ0n) is 38.4. The lowest BCUT2D eigenvalue weighted by Crippen LogP contribution is -2.60. The molecule has 2 heterocycles. The molecule has 388 valence electrons. The van der Waals surface area contributed by atoms with Gasteiger partial charge in [0.15, 0.2) is 0 Å². The number of rotatable bonds is 24. The number of aryl methyl sites for hydroxylation is 2. The average Bonchev–Trinajstić information content (AvgIpc) is 3.32. The van der Waals surface area contributed by atoms with Gasteiger partial charge in [-0.25, -0.2) is 16.8 Å². The third-order valence-electron chi connectivity index (χ3n) is 12.2. The minimum absolute atomic E-state index is 0.133. The number of carboxylic acid groups (broad SMARTS) is 2. The van der Waals surface area contributed by atoms with Crippen LogP contribution in [0.1, 0.15) is 41.5 Å². The minimum atomic E-state index is -3.70. The summed E-state index contributed by atoms with van der Waals surface area (Å²) in [5.74, 6) is -3.10. The van der Waals surface area contributed by atoms with Crippen LogP contribution in [0.5, 0.6) is 11.5 Å². The predicted molar refractivity (Wildman–Crippen MR) is 254 cm³/mol. The lowest BCUT2D eigenvalue weighted by molar-refractivity contribution is -0.277. The molecule has 0 aromatic heterocycles. The van der Waals surface area contributed by atoms with Crippen molar-refractivity contribution in [1.29, 1.82) is 0 Å². The van der Waals surface area contributed by atoms with Crippen LogP contribution < -0.4 is 9.47 Å². The van der Waals surface area contributed by atoms with E-state index in [1.165, 1.54) is 12.1 Å². The monoisotopic (exact) mass is 1030 g/mol. The first-order valence-corrected chi connectivity index (χ1v) is 26.5. The second-order valence-electron chi connectivity index (χ2n) is 17.7. The van der Waals surface area contributed by atoms with Gasteiger partial charge in [-0.3, -0.25) is 9.59 Å². The van der Waals surface area contributed by atoms with Crippen molar-refractivity contribution in [3.63, 3.8) is 0 Å². The number of carbonyl (C=O) groups is 2. The van der Waals surface area contributed by atoms with E-state index in [-0.39, 0.29) is 79.5 Å². The van der Waals surface area contributed by atoms with Crippen LogP contribution in [0.4, 0.5) is 0 Å². The maximum Gasteiger partial charge on any atom is 0.307 e. The lowest BCUT2D eigenvalue weighted by Gasteiger charge is -2.39. The summed E-state index contributed by atoms with van der Waals surface area (Å²) in [6, 6.07) is 22.9. The predicted octanol–water partition coefficient (Wildman–Crippen LogP) is 0.417. The summed E-state index contributed by atoms with van der Waals surface area (Å²) < 4.78 is 75.5. The van der Waals surface area contributed by atoms with Crippen LogP contribution >= 0.6 is 0 Å². The quantitative estimate of drug-likeness (QED) is 0.0455. The highest BCUT2D eigenvalue weighted by Gasteiger charge is 2.46. The molecule has 4 aromatic rings. The molecular weight excluding hydrogens is 973 g/mol. The highest BCUT2D eigenvalue weighted by Crippen LogP contribution is 2.37. The van der Waals surface area contributed by atoms with Gasteiger partial charge in [-0.2, -0.15) is 0 Å². The Labute approximate surface area is 410 Å². The third kappa shape index (κ3) is 15.0. The number of ether oxygens (including phenoxy) is 4. The zero-order valence-corrected chi connectivity index (χ0v) is 40.1. The summed E-state index contributed by atoms with van der Waals surface area (Å²) in [6.45, 7) is -1.36. The first kappa shape index (κ1) is 55.2. The van der Waals surface area contributed by atoms with Crippen molar-refractivity contribution >= 4 is 31.6 Å². The summed E-state index contributed by atoms with van der Waals surface area (Å²) in [4.78, 5) is 22.9. The molecule has 71 heavy (non-hydrogen) atoms. The van der Waals surface area contributed by atoms with Crippen molar-refractivity contribution in [2.45, 2.75) is 106 Å². The minimum Gasteiger partial charge on any atom is -0.481 e. The van der Waals surface area contributed by atoms with E-state index in [0.29, 0.717) is 44.5 Å². The summed E-state index contributed by atoms with van der Waals surface area (Å²) in [5.41, 5.74) is 4.13. The Bertz CT molecular complexity index is 2490. The average molecular weight is 1030 g/mol. The molecule has 2 fully saturated rings. The van der Waals surface area contributed by atoms with E-state index >= 15 is 0 Å². The van der Waals surface area contributed by atoms with Gasteiger partial charge in [-0.15, -0.1) is 0 Å². The summed E-state index contributed by atoms with van der Waals surface area (Å²) in [7, 11) is -7.40. The number of hydrogen-bond acceptors (Lipinski definition) is 18. The second kappa shape index (κ2) is 24.6. The van der Waals surface area contributed by atoms with E-state index in [9.17, 15) is 77.5 Å². The molecule has 20 nitrogen and oxygen atoms in total. The van der Waals surface area contributed by atoms with Gasteiger partial charge >= 0.3 is 11.9 Å². The van der Waals surface area contributed by atoms with Gasteiger partial charge in [-0.05, 0) is 89.8 Å². The van der Waals surface area contributed by atoms with Gasteiger partial charge in [0.05, 0.1) is 49.1 Å². The Balaban J connectivity index is 1.05. The van der Waals surface area contributed by atoms with E-state index in [4.69, 9.17) is 18.9 Å². The van der Waals surface area contributed by atoms with Gasteiger partial charge in [0.2, 0.25) is 12.6 Å². The van der Waals surface area contributed by atoms with Gasteiger partial charge in [-0.1, -0.05) is 60.7 Å². The highest BCUT2D eigenvalue weighted by atomic mass is 32.2. The van der Waals surface area contributed by atoms with Crippen molar-refractivity contribution in [1.82, 2.24) is 0 Å². The number of carboxylic acids is 2. The van der Waals surface area contributed by atoms with Crippen LogP contribution in [0.2, 0.25) is 0 Å². The number of sulfone groups is 2. The van der Waals surface area contributed by atoms with Gasteiger partial charge in [0.25, 0.3) is 0 Å². The maximum atomic E-state index is 13.1. The van der Waals surface area contributed by atoms with Crippen molar-refractivity contribution < 1.29 is 96.4 Å². The molecule has 0 amide bonds. The molecule has 0 spiro atoms. The third-order valence-corrected chi connectivity index (χ3v) is 15.9. The Morgan fingerprint density at radius 1 is 0.479 bits per heavy atom. The standard InChI is InChI=1S/C49H60O20S2/c50-26-38-42(56)44(58)46(60)48(68-38)66-36-14-12-28(22-34(36)32-10-1-6-30(20-32)24-40(52)53)8-3-16-70(62,63)18-5-19-71(64,65)17-4-9-29-13-15-37(67-49-47(61)45(59)43(57)39(27-51)69-49)35(23-29)33-11-2-7-31(21-33)25-41(54)55/h1-2,6-7,10-15,20-23,38-39,42-51,56-61H,3-5,8-9,16-19,24-27H2,(H,52,53)(H,54,55)/t38-,39-,42-,43-,44+,45+,46+,47+,48+,49+/m1/s1. The summed E-state index contributed by atoms with van der Waals surface area (Å²) >= 11 is 0. The smallest absolute Gasteiger partial charge is 0.307 e. The van der Waals surface area contributed by atoms with Crippen LogP contribution in [0.3, 0.4) is 0 Å². The molecule has 10 N–H and O–H groups in total. The Kier molecular flexibility index (Phi) is 19.1. The molecule has 2 aliphatic heterocycles. The lowest BCUT2D eigenvalue weighted by atomic mass is 9.97. The fourth-order valence-electron chi connectivity index (χ4n) is 8.44. The molecule has 10 atom stereocenters. The normalized spacial score (nSPS) is 24.8. The van der Waals surface area contributed by atoms with Crippen LogP contribution in [0, 0.1) is 0 Å². The fraction of sp³-hybridized carbons (Fsp3) is 0.469. The SMILES string of the molecule is O=C(O)Cc1cccc(-c2cc(CCCS(=O)(=O)CCCS(=O)(=O)CCCc3ccc(O[C@H]4O[C@H](CO)[C@@H](O)[C@H](O)[C@@H]4O)c(-c4cccc(CC(=O)O)c4)c3)ccc2O[C@H]2O[C@H](CO)[C@@H](O)[C@H](O)[C@@H]2O)c1. The summed E-state index contributed by atoms with van der Waals surface area (Å²) in [5, 5.41) is 100. The zero-order chi connectivity index (χ0) is 51.6. The van der Waals surface area contributed by atoms with Crippen LogP contribution in [-0.4, -0.2) is 177 Å². The first-order valence-electron chi connectivity index (χ1n) is 22.9. The summed E-state index contributed by atoms with van der Waals surface area (Å²) in [6.07, 6.45) is -15.4. The Morgan fingerprint density at radius 3 is 1.23 bits per heavy atom. The molecule has 22 heteroatoms. The Hall–Kier alpha value is -5.08. The van der Waals surface area contributed by atoms with Crippen LogP contribution in [0.15, 0.2) is 84.9 Å². The molecule has 2 saturated heterocycles. The molecule has 0 aliphatic carbocycles. The molecular formula is C49H60O20S2. The fourth-order valence-corrected chi connectivity index (χ4v) is 11.4. The van der Waals surface area contributed by atoms with E-state index in [1.54, 1.807) is 72.8 Å². The Morgan fingerprint density at radius 2 is 0.859 bits per heavy atom. The topological polar surface area (TPSA) is 342 Å². The van der Waals surface area contributed by atoms with Crippen LogP contribution in [0.25, 0.3) is 22.3 Å².